The van der Waals surface area contributed by atoms with Crippen molar-refractivity contribution in [3.63, 3.8) is 0 Å². The minimum Gasteiger partial charge on any atom is -0.361 e. The number of likely N-dealkylation sites (tertiary alicyclic amines) is 1. The van der Waals surface area contributed by atoms with E-state index >= 15 is 0 Å². The van der Waals surface area contributed by atoms with Crippen molar-refractivity contribution in [1.29, 1.82) is 0 Å². The predicted molar refractivity (Wildman–Crippen MR) is 119 cm³/mol. The third-order valence-electron chi connectivity index (χ3n) is 4.80. The molecule has 2 N–H and O–H groups in total. The third-order valence-corrected chi connectivity index (χ3v) is 4.80. The highest BCUT2D eigenvalue weighted by Crippen LogP contribution is 2.14. The summed E-state index contributed by atoms with van der Waals surface area (Å²) in [5.74, 6) is 2.04. The number of carbonyl (C=O) groups is 1. The van der Waals surface area contributed by atoms with Crippen molar-refractivity contribution in [1.82, 2.24) is 20.7 Å². The molecule has 1 aliphatic rings. The fourth-order valence-corrected chi connectivity index (χ4v) is 3.26. The Kier molecular flexibility index (Phi) is 10.1. The zero-order valence-corrected chi connectivity index (χ0v) is 19.5. The van der Waals surface area contributed by atoms with Gasteiger partial charge in [0.05, 0.1) is 5.69 Å². The van der Waals surface area contributed by atoms with E-state index in [0.717, 1.165) is 61.9 Å². The van der Waals surface area contributed by atoms with Crippen molar-refractivity contribution < 1.29 is 9.32 Å². The Hall–Kier alpha value is -1.32. The lowest BCUT2D eigenvalue weighted by molar-refractivity contribution is -0.135. The molecule has 154 valence electrons. The van der Waals surface area contributed by atoms with Crippen LogP contribution < -0.4 is 10.6 Å². The van der Waals surface area contributed by atoms with Crippen LogP contribution >= 0.6 is 24.0 Å². The number of nitrogens with zero attached hydrogens (tertiary/aromatic N) is 3. The van der Waals surface area contributed by atoms with Gasteiger partial charge in [0, 0.05) is 43.7 Å². The van der Waals surface area contributed by atoms with Crippen molar-refractivity contribution >= 4 is 35.8 Å². The highest BCUT2D eigenvalue weighted by Gasteiger charge is 2.24. The quantitative estimate of drug-likeness (QED) is 0.363. The van der Waals surface area contributed by atoms with E-state index in [9.17, 15) is 4.79 Å². The molecule has 1 saturated heterocycles. The van der Waals surface area contributed by atoms with E-state index in [0.29, 0.717) is 12.6 Å². The van der Waals surface area contributed by atoms with Crippen LogP contribution in [0.2, 0.25) is 0 Å². The topological polar surface area (TPSA) is 82.8 Å². The molecule has 0 unspecified atom stereocenters. The van der Waals surface area contributed by atoms with Gasteiger partial charge in [0.15, 0.2) is 5.96 Å². The number of halogens is 1. The van der Waals surface area contributed by atoms with Gasteiger partial charge in [-0.15, -0.1) is 24.0 Å². The Morgan fingerprint density at radius 3 is 2.52 bits per heavy atom. The van der Waals surface area contributed by atoms with Crippen LogP contribution in [0.5, 0.6) is 0 Å². The van der Waals surface area contributed by atoms with Crippen LogP contribution in [0.3, 0.4) is 0 Å². The van der Waals surface area contributed by atoms with Crippen molar-refractivity contribution in [2.75, 3.05) is 26.2 Å². The number of aromatic nitrogens is 1. The van der Waals surface area contributed by atoms with Crippen molar-refractivity contribution in [2.45, 2.75) is 59.9 Å². The van der Waals surface area contributed by atoms with Gasteiger partial charge in [-0.3, -0.25) is 9.79 Å². The molecule has 1 aromatic rings. The minimum atomic E-state index is 0. The molecule has 7 nitrogen and oxygen atoms in total. The molecule has 0 saturated carbocycles. The summed E-state index contributed by atoms with van der Waals surface area (Å²) in [4.78, 5) is 18.8. The molecule has 2 rings (SSSR count). The Morgan fingerprint density at radius 2 is 2.00 bits per heavy atom. The molecule has 1 aromatic heterocycles. The summed E-state index contributed by atoms with van der Waals surface area (Å²) >= 11 is 0. The molecule has 0 aliphatic carbocycles. The molecule has 27 heavy (non-hydrogen) atoms. The molecule has 2 heterocycles. The normalized spacial score (nSPS) is 15.6. The number of hydrogen-bond acceptors (Lipinski definition) is 4. The average Bonchev–Trinajstić information content (AvgIpc) is 2.93. The van der Waals surface area contributed by atoms with Gasteiger partial charge in [-0.2, -0.15) is 0 Å². The van der Waals surface area contributed by atoms with Gasteiger partial charge in [0.25, 0.3) is 0 Å². The van der Waals surface area contributed by atoms with Crippen LogP contribution in [0, 0.1) is 19.8 Å². The molecule has 0 atom stereocenters. The summed E-state index contributed by atoms with van der Waals surface area (Å²) < 4.78 is 5.21. The summed E-state index contributed by atoms with van der Waals surface area (Å²) in [7, 11) is 0. The number of aryl methyl sites for hydroxylation is 2. The fraction of sp³-hybridized carbons (Fsp3) is 0.737. The Morgan fingerprint density at radius 1 is 1.33 bits per heavy atom. The van der Waals surface area contributed by atoms with Crippen LogP contribution in [-0.2, 0) is 11.2 Å². The molecule has 0 radical (unpaired) electrons. The second-order valence-corrected chi connectivity index (χ2v) is 7.21. The number of guanidine groups is 1. The number of carbonyl (C=O) groups excluding carboxylic acids is 1. The molecule has 1 fully saturated rings. The smallest absolute Gasteiger partial charge is 0.225 e. The van der Waals surface area contributed by atoms with Gasteiger partial charge < -0.3 is 20.1 Å². The standard InChI is InChI=1S/C19H33N5O2.HI/c1-6-20-19(21-10-7-17-14(4)23-26-15(17)5)22-16-8-11-24(12-9-16)18(25)13(2)3;/h13,16H,6-12H2,1-5H3,(H2,20,21,22);1H. The van der Waals surface area contributed by atoms with Gasteiger partial charge in [-0.05, 0) is 40.0 Å². The maximum atomic E-state index is 12.1. The van der Waals surface area contributed by atoms with Crippen LogP contribution in [0.4, 0.5) is 0 Å². The van der Waals surface area contributed by atoms with Crippen LogP contribution in [-0.4, -0.2) is 54.1 Å². The SMILES string of the molecule is CCNC(=NCCc1c(C)noc1C)NC1CCN(C(=O)C(C)C)CC1.I. The number of aliphatic imine (C=N–C) groups is 1. The van der Waals surface area contributed by atoms with Crippen LogP contribution in [0.15, 0.2) is 9.52 Å². The lowest BCUT2D eigenvalue weighted by Crippen LogP contribution is -2.50. The lowest BCUT2D eigenvalue weighted by Gasteiger charge is -2.34. The van der Waals surface area contributed by atoms with Crippen molar-refractivity contribution in [2.24, 2.45) is 10.9 Å². The maximum Gasteiger partial charge on any atom is 0.225 e. The highest BCUT2D eigenvalue weighted by molar-refractivity contribution is 14.0. The molecule has 1 aliphatic heterocycles. The predicted octanol–water partition coefficient (Wildman–Crippen LogP) is 2.65. The summed E-state index contributed by atoms with van der Waals surface area (Å²) in [5, 5.41) is 10.8. The van der Waals surface area contributed by atoms with E-state index < -0.39 is 0 Å². The van der Waals surface area contributed by atoms with Gasteiger partial charge in [0.1, 0.15) is 5.76 Å². The number of rotatable bonds is 6. The largest absolute Gasteiger partial charge is 0.361 e. The third kappa shape index (κ3) is 6.97. The van der Waals surface area contributed by atoms with E-state index in [2.05, 4.69) is 22.7 Å². The minimum absolute atomic E-state index is 0. The Labute approximate surface area is 179 Å². The van der Waals surface area contributed by atoms with Crippen LogP contribution in [0.25, 0.3) is 0 Å². The van der Waals surface area contributed by atoms with E-state index in [1.54, 1.807) is 0 Å². The van der Waals surface area contributed by atoms with Crippen molar-refractivity contribution in [3.05, 3.63) is 17.0 Å². The van der Waals surface area contributed by atoms with E-state index in [-0.39, 0.29) is 35.8 Å². The molecular formula is C19H34IN5O2. The van der Waals surface area contributed by atoms with Gasteiger partial charge in [-0.1, -0.05) is 19.0 Å². The molecule has 0 spiro atoms. The van der Waals surface area contributed by atoms with Crippen LogP contribution in [0.1, 0.15) is 50.6 Å². The second kappa shape index (κ2) is 11.5. The summed E-state index contributed by atoms with van der Waals surface area (Å²) in [6.45, 7) is 13.0. The molecule has 0 aromatic carbocycles. The average molecular weight is 491 g/mol. The fourth-order valence-electron chi connectivity index (χ4n) is 3.26. The van der Waals surface area contributed by atoms with E-state index in [1.807, 2.05) is 32.6 Å². The maximum absolute atomic E-state index is 12.1. The van der Waals surface area contributed by atoms with E-state index in [1.165, 1.54) is 0 Å². The summed E-state index contributed by atoms with van der Waals surface area (Å²) in [6.07, 6.45) is 2.72. The highest BCUT2D eigenvalue weighted by atomic mass is 127. The first kappa shape index (κ1) is 23.7. The zero-order chi connectivity index (χ0) is 19.1. The second-order valence-electron chi connectivity index (χ2n) is 7.21. The van der Waals surface area contributed by atoms with Gasteiger partial charge in [0.2, 0.25) is 5.91 Å². The monoisotopic (exact) mass is 491 g/mol. The molecule has 0 bridgehead atoms. The first-order chi connectivity index (χ1) is 12.4. The number of nitrogens with one attached hydrogen (secondary N) is 2. The first-order valence-corrected chi connectivity index (χ1v) is 9.67. The first-order valence-electron chi connectivity index (χ1n) is 9.67. The van der Waals surface area contributed by atoms with E-state index in [4.69, 9.17) is 9.52 Å². The van der Waals surface area contributed by atoms with Gasteiger partial charge in [-0.25, -0.2) is 0 Å². The van der Waals surface area contributed by atoms with Crippen molar-refractivity contribution in [3.8, 4) is 0 Å². The summed E-state index contributed by atoms with van der Waals surface area (Å²) in [5.41, 5.74) is 2.09. The van der Waals surface area contributed by atoms with Gasteiger partial charge >= 0.3 is 0 Å². The Bertz CT molecular complexity index is 602. The molecule has 1 amide bonds. The number of amides is 1. The Balaban J connectivity index is 0.00000364. The molecular weight excluding hydrogens is 457 g/mol. The number of hydrogen-bond donors (Lipinski definition) is 2. The number of piperidine rings is 1. The lowest BCUT2D eigenvalue weighted by atomic mass is 10.0. The summed E-state index contributed by atoms with van der Waals surface area (Å²) in [6, 6.07) is 0.350. The molecule has 8 heteroatoms. The zero-order valence-electron chi connectivity index (χ0n) is 17.2.